The molecule has 0 amide bonds. The van der Waals surface area contributed by atoms with E-state index in [1.165, 1.54) is 32.4 Å². The molecule has 112 valence electrons. The van der Waals surface area contributed by atoms with Crippen molar-refractivity contribution >= 4 is 5.69 Å². The molecule has 0 spiro atoms. The molecule has 0 bridgehead atoms. The highest BCUT2D eigenvalue weighted by molar-refractivity contribution is 5.30. The highest BCUT2D eigenvalue weighted by Gasteiger charge is 2.29. The molecule has 0 aromatic carbocycles. The third kappa shape index (κ3) is 3.31. The van der Waals surface area contributed by atoms with Crippen LogP contribution in [0.25, 0.3) is 0 Å². The molecule has 3 heterocycles. The number of hydrogen-bond acceptors (Lipinski definition) is 5. The van der Waals surface area contributed by atoms with E-state index in [9.17, 15) is 5.11 Å². The summed E-state index contributed by atoms with van der Waals surface area (Å²) < 4.78 is 1.72. The molecular formula is C14H25N5O. The van der Waals surface area contributed by atoms with Gasteiger partial charge in [0.05, 0.1) is 24.5 Å². The minimum atomic E-state index is -0.383. The van der Waals surface area contributed by atoms with Gasteiger partial charge in [-0.3, -0.25) is 14.5 Å². The van der Waals surface area contributed by atoms with Gasteiger partial charge in [-0.1, -0.05) is 0 Å². The maximum absolute atomic E-state index is 10.2. The van der Waals surface area contributed by atoms with Crippen LogP contribution in [0.5, 0.6) is 0 Å². The zero-order chi connectivity index (χ0) is 13.9. The van der Waals surface area contributed by atoms with Crippen molar-refractivity contribution in [1.29, 1.82) is 0 Å². The number of nitrogens with two attached hydrogens (primary N) is 1. The lowest BCUT2D eigenvalue weighted by molar-refractivity contribution is 0.101. The fourth-order valence-corrected chi connectivity index (χ4v) is 3.43. The Morgan fingerprint density at radius 1 is 1.30 bits per heavy atom. The first-order valence-corrected chi connectivity index (χ1v) is 7.63. The van der Waals surface area contributed by atoms with Gasteiger partial charge >= 0.3 is 0 Å². The van der Waals surface area contributed by atoms with Crippen molar-refractivity contribution in [3.8, 4) is 0 Å². The predicted molar refractivity (Wildman–Crippen MR) is 78.3 cm³/mol. The van der Waals surface area contributed by atoms with E-state index in [-0.39, 0.29) is 6.10 Å². The summed E-state index contributed by atoms with van der Waals surface area (Å²) in [5.41, 5.74) is 6.27. The maximum atomic E-state index is 10.2. The van der Waals surface area contributed by atoms with E-state index in [1.807, 2.05) is 0 Å². The summed E-state index contributed by atoms with van der Waals surface area (Å²) in [4.78, 5) is 4.99. The van der Waals surface area contributed by atoms with Crippen molar-refractivity contribution < 1.29 is 5.11 Å². The summed E-state index contributed by atoms with van der Waals surface area (Å²) in [5.74, 6) is 0. The first-order chi connectivity index (χ1) is 9.70. The summed E-state index contributed by atoms with van der Waals surface area (Å²) >= 11 is 0. The average molecular weight is 279 g/mol. The Bertz CT molecular complexity index is 429. The van der Waals surface area contributed by atoms with Crippen molar-refractivity contribution in [2.75, 3.05) is 38.5 Å². The first kappa shape index (κ1) is 13.9. The highest BCUT2D eigenvalue weighted by atomic mass is 16.3. The number of aromatic nitrogens is 2. The zero-order valence-electron chi connectivity index (χ0n) is 12.0. The number of anilines is 1. The van der Waals surface area contributed by atoms with Crippen molar-refractivity contribution in [3.63, 3.8) is 0 Å². The van der Waals surface area contributed by atoms with Crippen LogP contribution in [0.1, 0.15) is 19.3 Å². The Hall–Kier alpha value is -1.11. The molecular weight excluding hydrogens is 254 g/mol. The molecule has 6 heteroatoms. The third-order valence-electron chi connectivity index (χ3n) is 4.42. The monoisotopic (exact) mass is 279 g/mol. The molecule has 2 unspecified atom stereocenters. The van der Waals surface area contributed by atoms with Gasteiger partial charge in [0.15, 0.2) is 0 Å². The van der Waals surface area contributed by atoms with Gasteiger partial charge < -0.3 is 10.8 Å². The third-order valence-corrected chi connectivity index (χ3v) is 4.42. The van der Waals surface area contributed by atoms with Crippen molar-refractivity contribution in [2.24, 2.45) is 0 Å². The number of likely N-dealkylation sites (tertiary alicyclic amines) is 2. The molecule has 3 rings (SSSR count). The number of nitrogens with zero attached hydrogens (tertiary/aromatic N) is 4. The minimum Gasteiger partial charge on any atom is -0.396 e. The molecule has 2 aliphatic rings. The number of hydrogen-bond donors (Lipinski definition) is 2. The molecule has 2 saturated heterocycles. The maximum Gasteiger partial charge on any atom is 0.0862 e. The number of nitrogen functional groups attached to an aromatic ring is 1. The summed E-state index contributed by atoms with van der Waals surface area (Å²) in [6, 6.07) is 0.699. The van der Waals surface area contributed by atoms with Gasteiger partial charge in [-0.2, -0.15) is 5.10 Å². The fraction of sp³-hybridized carbons (Fsp3) is 0.786. The Morgan fingerprint density at radius 3 is 2.80 bits per heavy atom. The highest BCUT2D eigenvalue weighted by Crippen LogP contribution is 2.20. The number of aliphatic hydroxyl groups excluding tert-OH is 1. The molecule has 1 aromatic heterocycles. The van der Waals surface area contributed by atoms with E-state index < -0.39 is 0 Å². The van der Waals surface area contributed by atoms with Crippen LogP contribution < -0.4 is 5.73 Å². The molecule has 6 nitrogen and oxygen atoms in total. The molecule has 2 fully saturated rings. The molecule has 20 heavy (non-hydrogen) atoms. The second-order valence-electron chi connectivity index (χ2n) is 6.09. The summed E-state index contributed by atoms with van der Waals surface area (Å²) in [6.45, 7) is 5.95. The lowest BCUT2D eigenvalue weighted by Gasteiger charge is -2.24. The van der Waals surface area contributed by atoms with E-state index in [0.29, 0.717) is 18.3 Å². The molecule has 3 N–H and O–H groups in total. The van der Waals surface area contributed by atoms with Gasteiger partial charge in [-0.25, -0.2) is 0 Å². The van der Waals surface area contributed by atoms with Gasteiger partial charge in [-0.15, -0.1) is 0 Å². The van der Waals surface area contributed by atoms with Crippen LogP contribution in [0.15, 0.2) is 12.4 Å². The quantitative estimate of drug-likeness (QED) is 0.794. The second kappa shape index (κ2) is 6.11. The van der Waals surface area contributed by atoms with Gasteiger partial charge in [0.25, 0.3) is 0 Å². The second-order valence-corrected chi connectivity index (χ2v) is 6.09. The molecule has 2 atom stereocenters. The first-order valence-electron chi connectivity index (χ1n) is 7.63. The Kier molecular flexibility index (Phi) is 4.24. The Balaban J connectivity index is 1.44. The lowest BCUT2D eigenvalue weighted by atomic mass is 10.2. The van der Waals surface area contributed by atoms with Crippen molar-refractivity contribution in [2.45, 2.75) is 38.0 Å². The number of β-amino-alcohol motifs (C(OH)–C–C–N with tert-alkyl or cyclic N) is 1. The Morgan fingerprint density at radius 2 is 2.10 bits per heavy atom. The van der Waals surface area contributed by atoms with Gasteiger partial charge in [-0.05, 0) is 38.9 Å². The van der Waals surface area contributed by atoms with Crippen LogP contribution in [0, 0.1) is 0 Å². The predicted octanol–water partition coefficient (Wildman–Crippen LogP) is -0.00370. The van der Waals surface area contributed by atoms with Gasteiger partial charge in [0.1, 0.15) is 0 Å². The summed E-state index contributed by atoms with van der Waals surface area (Å²) in [6.07, 6.45) is 6.93. The van der Waals surface area contributed by atoms with Crippen molar-refractivity contribution in [3.05, 3.63) is 12.4 Å². The number of aliphatic hydroxyl groups is 1. The van der Waals surface area contributed by atoms with Crippen LogP contribution in [0.3, 0.4) is 0 Å². The molecule has 1 aromatic rings. The van der Waals surface area contributed by atoms with Crippen molar-refractivity contribution in [1.82, 2.24) is 19.6 Å². The van der Waals surface area contributed by atoms with Crippen LogP contribution in [0.2, 0.25) is 0 Å². The normalized spacial score (nSPS) is 26.4. The van der Waals surface area contributed by atoms with E-state index in [0.717, 1.165) is 19.6 Å². The topological polar surface area (TPSA) is 70.5 Å². The van der Waals surface area contributed by atoms with Gasteiger partial charge in [0.2, 0.25) is 0 Å². The minimum absolute atomic E-state index is 0.383. The molecule has 2 aliphatic heterocycles. The largest absolute Gasteiger partial charge is 0.396 e. The molecule has 0 aliphatic carbocycles. The van der Waals surface area contributed by atoms with E-state index in [2.05, 4.69) is 14.9 Å². The SMILES string of the molecule is Nc1cnn(CC(O)CN2CCC(N3CCCC3)C2)c1. The van der Waals surface area contributed by atoms with Crippen LogP contribution >= 0.6 is 0 Å². The van der Waals surface area contributed by atoms with Crippen LogP contribution in [-0.2, 0) is 6.54 Å². The standard InChI is InChI=1S/C14H25N5O/c15-12-7-16-19(8-12)11-14(20)10-17-6-3-13(9-17)18-4-1-2-5-18/h7-8,13-14,20H,1-6,9-11,15H2. The summed E-state index contributed by atoms with van der Waals surface area (Å²) in [7, 11) is 0. The van der Waals surface area contributed by atoms with E-state index in [4.69, 9.17) is 5.73 Å². The fourth-order valence-electron chi connectivity index (χ4n) is 3.43. The van der Waals surface area contributed by atoms with Gasteiger partial charge in [0, 0.05) is 25.3 Å². The van der Waals surface area contributed by atoms with E-state index >= 15 is 0 Å². The van der Waals surface area contributed by atoms with E-state index in [1.54, 1.807) is 17.1 Å². The summed E-state index contributed by atoms with van der Waals surface area (Å²) in [5, 5.41) is 14.3. The number of rotatable bonds is 5. The average Bonchev–Trinajstić information content (AvgIpc) is 3.10. The molecule has 0 saturated carbocycles. The Labute approximate surface area is 120 Å². The lowest BCUT2D eigenvalue weighted by Crippen LogP contribution is -2.38. The zero-order valence-corrected chi connectivity index (χ0v) is 12.0. The van der Waals surface area contributed by atoms with Crippen LogP contribution in [-0.4, -0.2) is 69.6 Å². The molecule has 0 radical (unpaired) electrons. The van der Waals surface area contributed by atoms with Crippen LogP contribution in [0.4, 0.5) is 5.69 Å². The smallest absolute Gasteiger partial charge is 0.0862 e.